The maximum absolute atomic E-state index is 13.0. The third-order valence-corrected chi connectivity index (χ3v) is 5.55. The predicted molar refractivity (Wildman–Crippen MR) is 117 cm³/mol. The molecule has 4 nitrogen and oxygen atoms in total. The second-order valence-electron chi connectivity index (χ2n) is 7.10. The van der Waals surface area contributed by atoms with E-state index in [2.05, 4.69) is 5.32 Å². The highest BCUT2D eigenvalue weighted by atomic mass is 32.2. The molecule has 0 saturated carbocycles. The highest BCUT2D eigenvalue weighted by Crippen LogP contribution is 2.17. The topological polar surface area (TPSA) is 49.4 Å². The quantitative estimate of drug-likeness (QED) is 0.628. The molecule has 2 aromatic rings. The number of carbonyl (C=O) groups excluding carboxylic acids is 2. The summed E-state index contributed by atoms with van der Waals surface area (Å²) in [6.07, 6.45) is 0.845. The SMILES string of the molecule is CCCNC(=O)C(C)N(Cc1cccc(C)c1)C(=O)CSCc1ccc(F)cc1. The lowest BCUT2D eigenvalue weighted by atomic mass is 10.1. The first-order valence-electron chi connectivity index (χ1n) is 9.85. The predicted octanol–water partition coefficient (Wildman–Crippen LogP) is 4.31. The third-order valence-electron chi connectivity index (χ3n) is 4.56. The van der Waals surface area contributed by atoms with Gasteiger partial charge < -0.3 is 10.2 Å². The second-order valence-corrected chi connectivity index (χ2v) is 8.08. The number of thioether (sulfide) groups is 1. The summed E-state index contributed by atoms with van der Waals surface area (Å²) in [5, 5.41) is 2.88. The lowest BCUT2D eigenvalue weighted by Crippen LogP contribution is -2.48. The molecule has 0 saturated heterocycles. The van der Waals surface area contributed by atoms with Crippen LogP contribution in [0.5, 0.6) is 0 Å². The number of rotatable bonds is 10. The maximum Gasteiger partial charge on any atom is 0.242 e. The van der Waals surface area contributed by atoms with E-state index in [1.54, 1.807) is 24.0 Å². The average molecular weight is 417 g/mol. The molecular weight excluding hydrogens is 387 g/mol. The second kappa shape index (κ2) is 11.6. The third kappa shape index (κ3) is 7.54. The number of nitrogens with zero attached hydrogens (tertiary/aromatic N) is 1. The van der Waals surface area contributed by atoms with Crippen LogP contribution >= 0.6 is 11.8 Å². The summed E-state index contributed by atoms with van der Waals surface area (Å²) >= 11 is 1.46. The Bertz CT molecular complexity index is 811. The fourth-order valence-electron chi connectivity index (χ4n) is 2.91. The fraction of sp³-hybridized carbons (Fsp3) is 0.391. The molecule has 0 bridgehead atoms. The standard InChI is InChI=1S/C23H29FN2O2S/c1-4-12-25-23(28)18(3)26(14-20-7-5-6-17(2)13-20)22(27)16-29-15-19-8-10-21(24)11-9-19/h5-11,13,18H,4,12,14-16H2,1-3H3,(H,25,28). The minimum atomic E-state index is -0.555. The van der Waals surface area contributed by atoms with Crippen LogP contribution < -0.4 is 5.32 Å². The smallest absolute Gasteiger partial charge is 0.242 e. The Balaban J connectivity index is 2.04. The van der Waals surface area contributed by atoms with E-state index in [1.807, 2.05) is 38.1 Å². The minimum absolute atomic E-state index is 0.0854. The Morgan fingerprint density at radius 1 is 1.14 bits per heavy atom. The molecule has 0 aliphatic carbocycles. The molecule has 0 spiro atoms. The van der Waals surface area contributed by atoms with Crippen LogP contribution in [0.1, 0.15) is 37.0 Å². The highest BCUT2D eigenvalue weighted by Gasteiger charge is 2.25. The van der Waals surface area contributed by atoms with Gasteiger partial charge in [0.05, 0.1) is 5.75 Å². The molecule has 6 heteroatoms. The molecule has 2 aromatic carbocycles. The molecule has 2 amide bonds. The van der Waals surface area contributed by atoms with Gasteiger partial charge in [-0.15, -0.1) is 11.8 Å². The molecule has 1 N–H and O–H groups in total. The van der Waals surface area contributed by atoms with E-state index in [0.717, 1.165) is 23.1 Å². The molecule has 1 atom stereocenters. The van der Waals surface area contributed by atoms with Crippen molar-refractivity contribution in [2.75, 3.05) is 12.3 Å². The van der Waals surface area contributed by atoms with E-state index in [4.69, 9.17) is 0 Å². The van der Waals surface area contributed by atoms with Crippen molar-refractivity contribution in [3.63, 3.8) is 0 Å². The van der Waals surface area contributed by atoms with E-state index in [9.17, 15) is 14.0 Å². The summed E-state index contributed by atoms with van der Waals surface area (Å²) in [7, 11) is 0. The number of aryl methyl sites for hydroxylation is 1. The van der Waals surface area contributed by atoms with E-state index >= 15 is 0 Å². The molecule has 0 fully saturated rings. The summed E-state index contributed by atoms with van der Waals surface area (Å²) in [5.41, 5.74) is 3.07. The number of carbonyl (C=O) groups is 2. The molecule has 0 heterocycles. The summed E-state index contributed by atoms with van der Waals surface area (Å²) in [6.45, 7) is 6.74. The van der Waals surface area contributed by atoms with Crippen LogP contribution in [0.3, 0.4) is 0 Å². The largest absolute Gasteiger partial charge is 0.354 e. The number of nitrogens with one attached hydrogen (secondary N) is 1. The maximum atomic E-state index is 13.0. The molecule has 0 aliphatic heterocycles. The molecule has 29 heavy (non-hydrogen) atoms. The van der Waals surface area contributed by atoms with Gasteiger partial charge in [-0.05, 0) is 43.5 Å². The van der Waals surface area contributed by atoms with Crippen molar-refractivity contribution in [1.82, 2.24) is 10.2 Å². The zero-order valence-corrected chi connectivity index (χ0v) is 18.1. The number of amides is 2. The Kier molecular flexibility index (Phi) is 9.19. The fourth-order valence-corrected chi connectivity index (χ4v) is 3.78. The summed E-state index contributed by atoms with van der Waals surface area (Å²) < 4.78 is 13.0. The molecule has 0 aromatic heterocycles. The minimum Gasteiger partial charge on any atom is -0.354 e. The molecular formula is C23H29FN2O2S. The van der Waals surface area contributed by atoms with E-state index in [1.165, 1.54) is 23.9 Å². The van der Waals surface area contributed by atoms with Gasteiger partial charge in [-0.3, -0.25) is 9.59 Å². The van der Waals surface area contributed by atoms with E-state index in [-0.39, 0.29) is 23.4 Å². The lowest BCUT2D eigenvalue weighted by Gasteiger charge is -2.29. The Labute approximate surface area is 176 Å². The number of hydrogen-bond donors (Lipinski definition) is 1. The van der Waals surface area contributed by atoms with Gasteiger partial charge >= 0.3 is 0 Å². The average Bonchev–Trinajstić information content (AvgIpc) is 2.71. The van der Waals surface area contributed by atoms with Gasteiger partial charge in [0.1, 0.15) is 11.9 Å². The van der Waals surface area contributed by atoms with Crippen LogP contribution in [0.4, 0.5) is 4.39 Å². The van der Waals surface area contributed by atoms with Gasteiger partial charge in [0.15, 0.2) is 0 Å². The van der Waals surface area contributed by atoms with Crippen molar-refractivity contribution in [1.29, 1.82) is 0 Å². The summed E-state index contributed by atoms with van der Waals surface area (Å²) in [6, 6.07) is 13.7. The first-order chi connectivity index (χ1) is 13.9. The zero-order chi connectivity index (χ0) is 21.2. The summed E-state index contributed by atoms with van der Waals surface area (Å²) in [5.74, 6) is 0.371. The first-order valence-corrected chi connectivity index (χ1v) is 11.0. The number of halogens is 1. The van der Waals surface area contributed by atoms with Gasteiger partial charge in [-0.1, -0.05) is 48.9 Å². The number of hydrogen-bond acceptors (Lipinski definition) is 3. The normalized spacial score (nSPS) is 11.7. The van der Waals surface area contributed by atoms with Crippen molar-refractivity contribution in [2.24, 2.45) is 0 Å². The Morgan fingerprint density at radius 3 is 2.52 bits per heavy atom. The van der Waals surface area contributed by atoms with E-state index in [0.29, 0.717) is 18.8 Å². The van der Waals surface area contributed by atoms with Gasteiger partial charge in [0, 0.05) is 18.8 Å². The Hall–Kier alpha value is -2.34. The lowest BCUT2D eigenvalue weighted by molar-refractivity contribution is -0.138. The molecule has 1 unspecified atom stereocenters. The van der Waals surface area contributed by atoms with Crippen molar-refractivity contribution < 1.29 is 14.0 Å². The zero-order valence-electron chi connectivity index (χ0n) is 17.3. The van der Waals surface area contributed by atoms with Crippen LogP contribution in [-0.2, 0) is 21.9 Å². The molecule has 156 valence electrons. The van der Waals surface area contributed by atoms with Gasteiger partial charge in [-0.2, -0.15) is 0 Å². The molecule has 2 rings (SSSR count). The van der Waals surface area contributed by atoms with E-state index < -0.39 is 6.04 Å². The molecule has 0 radical (unpaired) electrons. The Morgan fingerprint density at radius 2 is 1.86 bits per heavy atom. The highest BCUT2D eigenvalue weighted by molar-refractivity contribution is 7.99. The van der Waals surface area contributed by atoms with Crippen LogP contribution in [0.15, 0.2) is 48.5 Å². The molecule has 0 aliphatic rings. The van der Waals surface area contributed by atoms with Crippen LogP contribution in [0.2, 0.25) is 0 Å². The summed E-state index contributed by atoms with van der Waals surface area (Å²) in [4.78, 5) is 27.1. The van der Waals surface area contributed by atoms with Crippen molar-refractivity contribution in [3.8, 4) is 0 Å². The number of benzene rings is 2. The van der Waals surface area contributed by atoms with Gasteiger partial charge in [0.2, 0.25) is 11.8 Å². The van der Waals surface area contributed by atoms with Crippen molar-refractivity contribution in [2.45, 2.75) is 45.5 Å². The van der Waals surface area contributed by atoms with Crippen molar-refractivity contribution >= 4 is 23.6 Å². The van der Waals surface area contributed by atoms with Crippen LogP contribution in [-0.4, -0.2) is 35.1 Å². The van der Waals surface area contributed by atoms with Crippen LogP contribution in [0.25, 0.3) is 0 Å². The van der Waals surface area contributed by atoms with Crippen LogP contribution in [0, 0.1) is 12.7 Å². The monoisotopic (exact) mass is 416 g/mol. The van der Waals surface area contributed by atoms with Crippen molar-refractivity contribution in [3.05, 3.63) is 71.0 Å². The van der Waals surface area contributed by atoms with Gasteiger partial charge in [0.25, 0.3) is 0 Å². The van der Waals surface area contributed by atoms with Gasteiger partial charge in [-0.25, -0.2) is 4.39 Å². The first kappa shape index (κ1) is 22.9.